The Morgan fingerprint density at radius 3 is 2.89 bits per heavy atom. The molecule has 0 radical (unpaired) electrons. The van der Waals surface area contributed by atoms with Crippen LogP contribution in [0.4, 0.5) is 15.8 Å². The molecule has 1 saturated heterocycles. The molecule has 1 atom stereocenters. The summed E-state index contributed by atoms with van der Waals surface area (Å²) in [5, 5.41) is 10.8. The minimum atomic E-state index is -0.733. The Kier molecular flexibility index (Phi) is 3.68. The summed E-state index contributed by atoms with van der Waals surface area (Å²) in [5.74, 6) is -0.494. The number of hydrogen-bond donors (Lipinski definition) is 1. The van der Waals surface area contributed by atoms with Crippen LogP contribution in [0.2, 0.25) is 5.02 Å². The van der Waals surface area contributed by atoms with Gasteiger partial charge in [-0.25, -0.2) is 4.39 Å². The Morgan fingerprint density at radius 1 is 1.61 bits per heavy atom. The first-order chi connectivity index (χ1) is 8.54. The summed E-state index contributed by atoms with van der Waals surface area (Å²) in [6.45, 7) is 1.57. The van der Waals surface area contributed by atoms with Crippen molar-refractivity contribution in [2.45, 2.75) is 6.42 Å². The van der Waals surface area contributed by atoms with Crippen molar-refractivity contribution in [2.75, 3.05) is 24.5 Å². The van der Waals surface area contributed by atoms with Crippen LogP contribution in [0.3, 0.4) is 0 Å². The van der Waals surface area contributed by atoms with E-state index in [-0.39, 0.29) is 22.3 Å². The molecule has 18 heavy (non-hydrogen) atoms. The lowest BCUT2D eigenvalue weighted by Gasteiger charge is -2.19. The molecule has 2 N–H and O–H groups in total. The van der Waals surface area contributed by atoms with Gasteiger partial charge in [-0.3, -0.25) is 10.1 Å². The Hall–Kier alpha value is -1.40. The summed E-state index contributed by atoms with van der Waals surface area (Å²) in [6, 6.07) is 2.44. The molecule has 7 heteroatoms. The number of nitro benzene ring substituents is 1. The van der Waals surface area contributed by atoms with Gasteiger partial charge in [0.25, 0.3) is 5.69 Å². The van der Waals surface area contributed by atoms with E-state index in [4.69, 9.17) is 17.3 Å². The zero-order valence-electron chi connectivity index (χ0n) is 9.60. The van der Waals surface area contributed by atoms with E-state index in [0.717, 1.165) is 6.42 Å². The number of nitro groups is 1. The van der Waals surface area contributed by atoms with E-state index in [1.165, 1.54) is 12.1 Å². The minimum Gasteiger partial charge on any atom is -0.363 e. The molecule has 1 fully saturated rings. The number of nitrogens with zero attached hydrogens (tertiary/aromatic N) is 2. The smallest absolute Gasteiger partial charge is 0.295 e. The van der Waals surface area contributed by atoms with Gasteiger partial charge >= 0.3 is 0 Å². The van der Waals surface area contributed by atoms with Crippen LogP contribution in [0.1, 0.15) is 6.42 Å². The Balaban J connectivity index is 2.42. The van der Waals surface area contributed by atoms with Crippen molar-refractivity contribution in [3.63, 3.8) is 0 Å². The van der Waals surface area contributed by atoms with Crippen LogP contribution in [0, 0.1) is 21.8 Å². The van der Waals surface area contributed by atoms with Gasteiger partial charge in [0.15, 0.2) is 11.5 Å². The number of rotatable bonds is 3. The highest BCUT2D eigenvalue weighted by atomic mass is 35.5. The Bertz CT molecular complexity index is 484. The molecule has 0 spiro atoms. The van der Waals surface area contributed by atoms with Gasteiger partial charge in [0.05, 0.1) is 9.95 Å². The van der Waals surface area contributed by atoms with E-state index < -0.39 is 10.7 Å². The fourth-order valence-corrected chi connectivity index (χ4v) is 2.36. The lowest BCUT2D eigenvalue weighted by atomic mass is 10.1. The summed E-state index contributed by atoms with van der Waals surface area (Å²) in [4.78, 5) is 12.0. The molecule has 1 aromatic carbocycles. The molecule has 0 bridgehead atoms. The van der Waals surface area contributed by atoms with Crippen LogP contribution in [0.5, 0.6) is 0 Å². The van der Waals surface area contributed by atoms with E-state index in [1.807, 2.05) is 0 Å². The van der Waals surface area contributed by atoms with Crippen molar-refractivity contribution in [1.82, 2.24) is 0 Å². The predicted octanol–water partition coefficient (Wildman–Crippen LogP) is 2.17. The van der Waals surface area contributed by atoms with Gasteiger partial charge in [-0.1, -0.05) is 11.6 Å². The first-order valence-corrected chi connectivity index (χ1v) is 5.99. The summed E-state index contributed by atoms with van der Waals surface area (Å²) in [6.07, 6.45) is 0.805. The zero-order valence-corrected chi connectivity index (χ0v) is 10.4. The summed E-state index contributed by atoms with van der Waals surface area (Å²) in [5.41, 5.74) is 5.28. The third-order valence-electron chi connectivity index (χ3n) is 3.18. The fourth-order valence-electron chi connectivity index (χ4n) is 2.21. The first kappa shape index (κ1) is 13.0. The first-order valence-electron chi connectivity index (χ1n) is 5.62. The maximum Gasteiger partial charge on any atom is 0.295 e. The van der Waals surface area contributed by atoms with Crippen molar-refractivity contribution in [3.05, 3.63) is 33.1 Å². The number of anilines is 1. The van der Waals surface area contributed by atoms with Crippen LogP contribution in [-0.2, 0) is 0 Å². The van der Waals surface area contributed by atoms with Crippen molar-refractivity contribution in [2.24, 2.45) is 11.7 Å². The van der Waals surface area contributed by atoms with Gasteiger partial charge in [0.2, 0.25) is 0 Å². The maximum absolute atomic E-state index is 14.0. The van der Waals surface area contributed by atoms with E-state index in [2.05, 4.69) is 0 Å². The van der Waals surface area contributed by atoms with Crippen molar-refractivity contribution >= 4 is 23.0 Å². The lowest BCUT2D eigenvalue weighted by molar-refractivity contribution is -0.384. The summed E-state index contributed by atoms with van der Waals surface area (Å²) >= 11 is 5.69. The van der Waals surface area contributed by atoms with Crippen LogP contribution in [-0.4, -0.2) is 24.6 Å². The molecule has 1 unspecified atom stereocenters. The topological polar surface area (TPSA) is 72.4 Å². The molecule has 1 aliphatic heterocycles. The number of halogens is 2. The lowest BCUT2D eigenvalue weighted by Crippen LogP contribution is -2.24. The van der Waals surface area contributed by atoms with E-state index in [9.17, 15) is 14.5 Å². The van der Waals surface area contributed by atoms with Crippen LogP contribution >= 0.6 is 11.6 Å². The van der Waals surface area contributed by atoms with Crippen LogP contribution in [0.25, 0.3) is 0 Å². The average molecular weight is 274 g/mol. The SMILES string of the molecule is NCC1CCN(c2c([N+](=O)[O-])ccc(Cl)c2F)C1. The molecule has 2 rings (SSSR count). The summed E-state index contributed by atoms with van der Waals surface area (Å²) in [7, 11) is 0. The van der Waals surface area contributed by atoms with E-state index >= 15 is 0 Å². The highest BCUT2D eigenvalue weighted by Crippen LogP contribution is 2.37. The zero-order chi connectivity index (χ0) is 13.3. The van der Waals surface area contributed by atoms with Crippen molar-refractivity contribution in [3.8, 4) is 0 Å². The monoisotopic (exact) mass is 273 g/mol. The molecule has 1 aliphatic rings. The molecule has 0 aromatic heterocycles. The molecule has 98 valence electrons. The normalized spacial score (nSPS) is 19.3. The third-order valence-corrected chi connectivity index (χ3v) is 3.47. The number of benzene rings is 1. The average Bonchev–Trinajstić information content (AvgIpc) is 2.80. The standard InChI is InChI=1S/C11H13ClFN3O2/c12-8-1-2-9(16(17)18)11(10(8)13)15-4-3-7(5-14)6-15/h1-2,7H,3-6,14H2. The second kappa shape index (κ2) is 5.07. The molecule has 1 aromatic rings. The van der Waals surface area contributed by atoms with Gasteiger partial charge in [-0.05, 0) is 24.9 Å². The summed E-state index contributed by atoms with van der Waals surface area (Å²) < 4.78 is 14.0. The molecule has 0 saturated carbocycles. The van der Waals surface area contributed by atoms with Crippen LogP contribution < -0.4 is 10.6 Å². The highest BCUT2D eigenvalue weighted by molar-refractivity contribution is 6.31. The predicted molar refractivity (Wildman–Crippen MR) is 67.4 cm³/mol. The van der Waals surface area contributed by atoms with Gasteiger partial charge in [0.1, 0.15) is 0 Å². The van der Waals surface area contributed by atoms with Crippen molar-refractivity contribution < 1.29 is 9.31 Å². The van der Waals surface area contributed by atoms with Gasteiger partial charge in [-0.2, -0.15) is 0 Å². The number of hydrogen-bond acceptors (Lipinski definition) is 4. The quantitative estimate of drug-likeness (QED) is 0.677. The molecule has 0 amide bonds. The largest absolute Gasteiger partial charge is 0.363 e. The third kappa shape index (κ3) is 2.26. The minimum absolute atomic E-state index is 0.0246. The fraction of sp³-hybridized carbons (Fsp3) is 0.455. The Labute approximate surface area is 108 Å². The van der Waals surface area contributed by atoms with Gasteiger partial charge in [0, 0.05) is 19.2 Å². The highest BCUT2D eigenvalue weighted by Gasteiger charge is 2.30. The number of nitrogens with two attached hydrogens (primary N) is 1. The maximum atomic E-state index is 14.0. The Morgan fingerprint density at radius 2 is 2.33 bits per heavy atom. The molecule has 5 nitrogen and oxygen atoms in total. The van der Waals surface area contributed by atoms with E-state index in [0.29, 0.717) is 19.6 Å². The van der Waals surface area contributed by atoms with Gasteiger partial charge in [-0.15, -0.1) is 0 Å². The molecule has 1 heterocycles. The van der Waals surface area contributed by atoms with E-state index in [1.54, 1.807) is 4.90 Å². The van der Waals surface area contributed by atoms with Crippen molar-refractivity contribution in [1.29, 1.82) is 0 Å². The van der Waals surface area contributed by atoms with Crippen LogP contribution in [0.15, 0.2) is 12.1 Å². The molecule has 0 aliphatic carbocycles. The second-order valence-corrected chi connectivity index (χ2v) is 4.73. The van der Waals surface area contributed by atoms with Gasteiger partial charge < -0.3 is 10.6 Å². The second-order valence-electron chi connectivity index (χ2n) is 4.32. The molecular formula is C11H13ClFN3O2. The molecular weight excluding hydrogens is 261 g/mol.